The summed E-state index contributed by atoms with van der Waals surface area (Å²) in [6, 6.07) is 13.4. The summed E-state index contributed by atoms with van der Waals surface area (Å²) < 4.78 is 19.5. The third-order valence-corrected chi connectivity index (χ3v) is 6.47. The fourth-order valence-corrected chi connectivity index (χ4v) is 4.61. The second kappa shape index (κ2) is 8.77. The minimum absolute atomic E-state index is 0.0853. The molecule has 7 heteroatoms. The minimum Gasteiger partial charge on any atom is -0.366 e. The van der Waals surface area contributed by atoms with Crippen LogP contribution in [0.25, 0.3) is 0 Å². The SMILES string of the molecule is CC(=O)N(C)[C@H]1CO[C@@H](C(=O)N2CCc3ccccc3[C@@H]2c2ccc(F)cc2)C[C@@H]1N. The molecule has 6 nitrogen and oxygen atoms in total. The molecule has 2 aliphatic rings. The molecule has 2 aromatic carbocycles. The quantitative estimate of drug-likeness (QED) is 0.819. The number of benzene rings is 2. The van der Waals surface area contributed by atoms with Crippen molar-refractivity contribution in [2.24, 2.45) is 5.73 Å². The molecule has 0 radical (unpaired) electrons. The van der Waals surface area contributed by atoms with Crippen LogP contribution in [0.1, 0.15) is 36.1 Å². The largest absolute Gasteiger partial charge is 0.366 e. The highest BCUT2D eigenvalue weighted by Crippen LogP contribution is 2.36. The summed E-state index contributed by atoms with van der Waals surface area (Å²) in [5.41, 5.74) is 9.42. The van der Waals surface area contributed by atoms with Crippen LogP contribution in [0, 0.1) is 5.82 Å². The van der Waals surface area contributed by atoms with Crippen LogP contribution in [0.2, 0.25) is 0 Å². The van der Waals surface area contributed by atoms with E-state index in [1.807, 2.05) is 23.1 Å². The van der Waals surface area contributed by atoms with Crippen molar-refractivity contribution in [3.8, 4) is 0 Å². The molecule has 4 atom stereocenters. The van der Waals surface area contributed by atoms with Crippen molar-refractivity contribution in [1.29, 1.82) is 0 Å². The van der Waals surface area contributed by atoms with Gasteiger partial charge in [0.1, 0.15) is 11.9 Å². The Hall–Kier alpha value is -2.77. The van der Waals surface area contributed by atoms with Crippen molar-refractivity contribution in [3.05, 3.63) is 71.0 Å². The van der Waals surface area contributed by atoms with Crippen molar-refractivity contribution in [1.82, 2.24) is 9.80 Å². The average molecular weight is 426 g/mol. The standard InChI is InChI=1S/C24H28FN3O3/c1-15(29)27(2)21-14-31-22(13-20(21)26)24(30)28-12-11-16-5-3-4-6-19(16)23(28)17-7-9-18(25)10-8-17/h3-10,20-23H,11-14,26H2,1-2H3/t20-,21-,22+,23-/m0/s1. The highest BCUT2D eigenvalue weighted by molar-refractivity contribution is 5.82. The Bertz CT molecular complexity index is 965. The van der Waals surface area contributed by atoms with Crippen LogP contribution >= 0.6 is 0 Å². The fourth-order valence-electron chi connectivity index (χ4n) is 4.61. The molecule has 4 rings (SSSR count). The lowest BCUT2D eigenvalue weighted by atomic mass is 9.87. The van der Waals surface area contributed by atoms with E-state index in [9.17, 15) is 14.0 Å². The predicted octanol–water partition coefficient (Wildman–Crippen LogP) is 2.26. The molecule has 0 saturated carbocycles. The number of hydrogen-bond donors (Lipinski definition) is 1. The van der Waals surface area contributed by atoms with Gasteiger partial charge in [0.25, 0.3) is 5.91 Å². The van der Waals surface area contributed by atoms with Gasteiger partial charge in [-0.15, -0.1) is 0 Å². The van der Waals surface area contributed by atoms with Crippen LogP contribution in [0.5, 0.6) is 0 Å². The van der Waals surface area contributed by atoms with Gasteiger partial charge in [0.05, 0.1) is 18.7 Å². The zero-order valence-electron chi connectivity index (χ0n) is 17.8. The van der Waals surface area contributed by atoms with Gasteiger partial charge in [0, 0.05) is 26.6 Å². The molecular formula is C24H28FN3O3. The number of nitrogens with two attached hydrogens (primary N) is 1. The summed E-state index contributed by atoms with van der Waals surface area (Å²) in [5, 5.41) is 0. The first-order chi connectivity index (χ1) is 14.9. The number of hydrogen-bond acceptors (Lipinski definition) is 4. The Morgan fingerprint density at radius 2 is 1.87 bits per heavy atom. The van der Waals surface area contributed by atoms with Crippen molar-refractivity contribution in [2.75, 3.05) is 20.2 Å². The summed E-state index contributed by atoms with van der Waals surface area (Å²) >= 11 is 0. The van der Waals surface area contributed by atoms with Gasteiger partial charge >= 0.3 is 0 Å². The molecule has 0 unspecified atom stereocenters. The lowest BCUT2D eigenvalue weighted by molar-refractivity contribution is -0.154. The van der Waals surface area contributed by atoms with E-state index in [-0.39, 0.29) is 42.4 Å². The molecule has 0 aromatic heterocycles. The normalized spacial score (nSPS) is 25.6. The van der Waals surface area contributed by atoms with Crippen LogP contribution in [0.4, 0.5) is 4.39 Å². The van der Waals surface area contributed by atoms with Crippen LogP contribution < -0.4 is 5.73 Å². The topological polar surface area (TPSA) is 75.9 Å². The molecule has 164 valence electrons. The Morgan fingerprint density at radius 1 is 1.16 bits per heavy atom. The second-order valence-corrected chi connectivity index (χ2v) is 8.35. The van der Waals surface area contributed by atoms with Gasteiger partial charge < -0.3 is 20.3 Å². The molecule has 2 heterocycles. The van der Waals surface area contributed by atoms with E-state index in [1.165, 1.54) is 24.6 Å². The lowest BCUT2D eigenvalue weighted by Gasteiger charge is -2.43. The van der Waals surface area contributed by atoms with Crippen LogP contribution in [0.3, 0.4) is 0 Å². The van der Waals surface area contributed by atoms with E-state index in [0.29, 0.717) is 13.0 Å². The Kier molecular flexibility index (Phi) is 6.07. The van der Waals surface area contributed by atoms with Gasteiger partial charge in [-0.1, -0.05) is 36.4 Å². The summed E-state index contributed by atoms with van der Waals surface area (Å²) in [7, 11) is 1.70. The molecule has 2 N–H and O–H groups in total. The Morgan fingerprint density at radius 3 is 2.55 bits per heavy atom. The summed E-state index contributed by atoms with van der Waals surface area (Å²) in [5.74, 6) is -0.519. The summed E-state index contributed by atoms with van der Waals surface area (Å²) in [6.07, 6.45) is 0.420. The monoisotopic (exact) mass is 425 g/mol. The van der Waals surface area contributed by atoms with Gasteiger partial charge in [0.15, 0.2) is 0 Å². The lowest BCUT2D eigenvalue weighted by Crippen LogP contribution is -2.58. The molecule has 31 heavy (non-hydrogen) atoms. The smallest absolute Gasteiger partial charge is 0.252 e. The molecule has 2 amide bonds. The maximum absolute atomic E-state index is 13.6. The first kappa shape index (κ1) is 21.5. The van der Waals surface area contributed by atoms with Crippen molar-refractivity contribution < 1.29 is 18.7 Å². The molecule has 1 fully saturated rings. The summed E-state index contributed by atoms with van der Waals surface area (Å²) in [4.78, 5) is 28.7. The molecule has 0 aliphatic carbocycles. The zero-order valence-corrected chi connectivity index (χ0v) is 17.8. The first-order valence-electron chi connectivity index (χ1n) is 10.6. The number of ether oxygens (including phenoxy) is 1. The van der Waals surface area contributed by atoms with Gasteiger partial charge in [-0.05, 0) is 41.7 Å². The van der Waals surface area contributed by atoms with Crippen molar-refractivity contribution in [2.45, 2.75) is 44.0 Å². The number of fused-ring (bicyclic) bond motifs is 1. The molecule has 1 saturated heterocycles. The van der Waals surface area contributed by atoms with Gasteiger partial charge in [-0.3, -0.25) is 9.59 Å². The molecule has 2 aliphatic heterocycles. The van der Waals surface area contributed by atoms with E-state index < -0.39 is 6.10 Å². The van der Waals surface area contributed by atoms with Gasteiger partial charge in [-0.2, -0.15) is 0 Å². The third kappa shape index (κ3) is 4.20. The van der Waals surface area contributed by atoms with E-state index >= 15 is 0 Å². The maximum Gasteiger partial charge on any atom is 0.252 e. The number of rotatable bonds is 3. The highest BCUT2D eigenvalue weighted by atomic mass is 19.1. The molecule has 0 spiro atoms. The van der Waals surface area contributed by atoms with Gasteiger partial charge in [0.2, 0.25) is 5.91 Å². The minimum atomic E-state index is -0.667. The van der Waals surface area contributed by atoms with E-state index in [1.54, 1.807) is 24.1 Å². The van der Waals surface area contributed by atoms with Crippen LogP contribution in [-0.4, -0.2) is 60.0 Å². The predicted molar refractivity (Wildman–Crippen MR) is 115 cm³/mol. The number of amides is 2. The Balaban J connectivity index is 1.60. The molecule has 2 aromatic rings. The summed E-state index contributed by atoms with van der Waals surface area (Å²) in [6.45, 7) is 2.26. The molecule has 0 bridgehead atoms. The van der Waals surface area contributed by atoms with Crippen molar-refractivity contribution in [3.63, 3.8) is 0 Å². The van der Waals surface area contributed by atoms with Gasteiger partial charge in [-0.25, -0.2) is 4.39 Å². The third-order valence-electron chi connectivity index (χ3n) is 6.47. The van der Waals surface area contributed by atoms with Crippen LogP contribution in [0.15, 0.2) is 48.5 Å². The van der Waals surface area contributed by atoms with E-state index in [2.05, 4.69) is 6.07 Å². The zero-order chi connectivity index (χ0) is 22.1. The average Bonchev–Trinajstić information content (AvgIpc) is 2.78. The number of nitrogens with zero attached hydrogens (tertiary/aromatic N) is 2. The number of carbonyl (C=O) groups is 2. The van der Waals surface area contributed by atoms with Crippen molar-refractivity contribution >= 4 is 11.8 Å². The highest BCUT2D eigenvalue weighted by Gasteiger charge is 2.40. The second-order valence-electron chi connectivity index (χ2n) is 8.35. The Labute approximate surface area is 181 Å². The maximum atomic E-state index is 13.6. The van der Waals surface area contributed by atoms with Crippen LogP contribution in [-0.2, 0) is 20.7 Å². The fraction of sp³-hybridized carbons (Fsp3) is 0.417. The molecular weight excluding hydrogens is 397 g/mol. The van der Waals surface area contributed by atoms with E-state index in [4.69, 9.17) is 10.5 Å². The van der Waals surface area contributed by atoms with E-state index in [0.717, 1.165) is 17.5 Å². The number of halogens is 1. The number of carbonyl (C=O) groups excluding carboxylic acids is 2. The first-order valence-corrected chi connectivity index (χ1v) is 10.6. The number of likely N-dealkylation sites (N-methyl/N-ethyl adjacent to an activating group) is 1.